The summed E-state index contributed by atoms with van der Waals surface area (Å²) in [6.45, 7) is 4.79. The number of benzene rings is 1. The third kappa shape index (κ3) is 2.95. The van der Waals surface area contributed by atoms with Crippen LogP contribution in [-0.4, -0.2) is 20.8 Å². The second-order valence-electron chi connectivity index (χ2n) is 3.95. The van der Waals surface area contributed by atoms with Crippen LogP contribution < -0.4 is 19.9 Å². The molecule has 0 aromatic heterocycles. The zero-order valence-corrected chi connectivity index (χ0v) is 10.2. The van der Waals surface area contributed by atoms with Crippen molar-refractivity contribution in [1.29, 1.82) is 0 Å². The van der Waals surface area contributed by atoms with Crippen LogP contribution in [0, 0.1) is 5.92 Å². The van der Waals surface area contributed by atoms with Crippen molar-refractivity contribution in [3.05, 3.63) is 12.1 Å². The zero-order valence-electron chi connectivity index (χ0n) is 10.2. The van der Waals surface area contributed by atoms with Crippen LogP contribution in [0.4, 0.5) is 5.69 Å². The molecule has 0 atom stereocenters. The van der Waals surface area contributed by atoms with E-state index in [2.05, 4.69) is 13.8 Å². The number of rotatable bonds is 5. The molecule has 0 heterocycles. The van der Waals surface area contributed by atoms with E-state index in [9.17, 15) is 0 Å². The molecule has 4 nitrogen and oxygen atoms in total. The molecule has 0 unspecified atom stereocenters. The van der Waals surface area contributed by atoms with Gasteiger partial charge in [0, 0.05) is 12.1 Å². The lowest BCUT2D eigenvalue weighted by Gasteiger charge is -2.14. The number of hydrogen-bond donors (Lipinski definition) is 1. The number of hydrogen-bond acceptors (Lipinski definition) is 4. The first kappa shape index (κ1) is 12.5. The molecule has 0 saturated carbocycles. The van der Waals surface area contributed by atoms with Gasteiger partial charge in [-0.25, -0.2) is 0 Å². The first-order valence-corrected chi connectivity index (χ1v) is 5.22. The molecule has 0 aliphatic heterocycles. The molecular weight excluding hydrogens is 206 g/mol. The first-order valence-electron chi connectivity index (χ1n) is 5.22. The van der Waals surface area contributed by atoms with Gasteiger partial charge in [0.2, 0.25) is 0 Å². The van der Waals surface area contributed by atoms with E-state index in [0.29, 0.717) is 35.5 Å². The van der Waals surface area contributed by atoms with E-state index in [1.54, 1.807) is 26.4 Å². The van der Waals surface area contributed by atoms with Crippen LogP contribution in [-0.2, 0) is 0 Å². The number of methoxy groups -OCH3 is 2. The largest absolute Gasteiger partial charge is 0.493 e. The Kier molecular flexibility index (Phi) is 4.28. The van der Waals surface area contributed by atoms with E-state index in [1.165, 1.54) is 0 Å². The van der Waals surface area contributed by atoms with Crippen molar-refractivity contribution < 1.29 is 14.2 Å². The third-order valence-electron chi connectivity index (χ3n) is 2.09. The molecule has 0 saturated heterocycles. The van der Waals surface area contributed by atoms with Gasteiger partial charge in [-0.2, -0.15) is 0 Å². The molecule has 0 amide bonds. The van der Waals surface area contributed by atoms with Gasteiger partial charge in [-0.3, -0.25) is 0 Å². The molecule has 0 fully saturated rings. The molecule has 0 aliphatic rings. The summed E-state index contributed by atoms with van der Waals surface area (Å²) in [5.74, 6) is 2.31. The van der Waals surface area contributed by atoms with E-state index >= 15 is 0 Å². The Labute approximate surface area is 96.3 Å². The average Bonchev–Trinajstić information content (AvgIpc) is 2.26. The maximum atomic E-state index is 5.85. The maximum absolute atomic E-state index is 5.85. The predicted octanol–water partition coefficient (Wildman–Crippen LogP) is 2.32. The maximum Gasteiger partial charge on any atom is 0.164 e. The molecule has 1 aromatic carbocycles. The minimum Gasteiger partial charge on any atom is -0.493 e. The van der Waals surface area contributed by atoms with E-state index in [0.717, 1.165) is 0 Å². The minimum absolute atomic E-state index is 0.451. The Morgan fingerprint density at radius 2 is 1.62 bits per heavy atom. The Bertz CT molecular complexity index is 350. The Morgan fingerprint density at radius 1 is 1.06 bits per heavy atom. The van der Waals surface area contributed by atoms with Crippen LogP contribution in [0.25, 0.3) is 0 Å². The van der Waals surface area contributed by atoms with Crippen molar-refractivity contribution in [2.75, 3.05) is 26.6 Å². The van der Waals surface area contributed by atoms with Gasteiger partial charge < -0.3 is 19.9 Å². The molecule has 90 valence electrons. The molecule has 0 radical (unpaired) electrons. The van der Waals surface area contributed by atoms with Gasteiger partial charge in [0.1, 0.15) is 5.75 Å². The van der Waals surface area contributed by atoms with Gasteiger partial charge in [0.05, 0.1) is 26.5 Å². The monoisotopic (exact) mass is 225 g/mol. The highest BCUT2D eigenvalue weighted by molar-refractivity contribution is 5.61. The molecule has 0 spiro atoms. The molecule has 4 heteroatoms. The smallest absolute Gasteiger partial charge is 0.164 e. The molecule has 1 rings (SSSR count). The highest BCUT2D eigenvalue weighted by Gasteiger charge is 2.10. The topological polar surface area (TPSA) is 53.7 Å². The van der Waals surface area contributed by atoms with E-state index < -0.39 is 0 Å². The molecule has 16 heavy (non-hydrogen) atoms. The lowest BCUT2D eigenvalue weighted by molar-refractivity contribution is 0.270. The summed E-state index contributed by atoms with van der Waals surface area (Å²) in [6, 6.07) is 3.45. The zero-order chi connectivity index (χ0) is 12.1. The standard InChI is InChI=1S/C12H19NO3/c1-8(2)7-16-10-6-12(15-4)11(14-3)5-9(10)13/h5-6,8H,7,13H2,1-4H3. The van der Waals surface area contributed by atoms with Gasteiger partial charge in [-0.1, -0.05) is 13.8 Å². The van der Waals surface area contributed by atoms with E-state index in [1.807, 2.05) is 0 Å². The number of ether oxygens (including phenoxy) is 3. The van der Waals surface area contributed by atoms with Crippen molar-refractivity contribution in [2.24, 2.45) is 5.92 Å². The molecule has 0 aliphatic carbocycles. The van der Waals surface area contributed by atoms with Crippen LogP contribution in [0.15, 0.2) is 12.1 Å². The van der Waals surface area contributed by atoms with Crippen molar-refractivity contribution >= 4 is 5.69 Å². The quantitative estimate of drug-likeness (QED) is 0.781. The number of anilines is 1. The van der Waals surface area contributed by atoms with Crippen molar-refractivity contribution in [3.63, 3.8) is 0 Å². The Hall–Kier alpha value is -1.58. The minimum atomic E-state index is 0.451. The van der Waals surface area contributed by atoms with E-state index in [-0.39, 0.29) is 0 Å². The summed E-state index contributed by atoms with van der Waals surface area (Å²) in [4.78, 5) is 0. The summed E-state index contributed by atoms with van der Waals surface area (Å²) < 4.78 is 15.9. The second-order valence-corrected chi connectivity index (χ2v) is 3.95. The normalized spacial score (nSPS) is 10.3. The second kappa shape index (κ2) is 5.49. The fraction of sp³-hybridized carbons (Fsp3) is 0.500. The summed E-state index contributed by atoms with van der Waals surface area (Å²) in [7, 11) is 3.16. The first-order chi connectivity index (χ1) is 7.58. The van der Waals surface area contributed by atoms with Gasteiger partial charge in [-0.05, 0) is 5.92 Å². The average molecular weight is 225 g/mol. The van der Waals surface area contributed by atoms with Crippen LogP contribution >= 0.6 is 0 Å². The van der Waals surface area contributed by atoms with E-state index in [4.69, 9.17) is 19.9 Å². The van der Waals surface area contributed by atoms with Gasteiger partial charge in [-0.15, -0.1) is 0 Å². The predicted molar refractivity (Wildman–Crippen MR) is 64.3 cm³/mol. The summed E-state index contributed by atoms with van der Waals surface area (Å²) in [5, 5.41) is 0. The number of nitrogen functional groups attached to an aromatic ring is 1. The highest BCUT2D eigenvalue weighted by Crippen LogP contribution is 2.36. The van der Waals surface area contributed by atoms with Crippen molar-refractivity contribution in [2.45, 2.75) is 13.8 Å². The fourth-order valence-electron chi connectivity index (χ4n) is 1.26. The van der Waals surface area contributed by atoms with Crippen LogP contribution in [0.3, 0.4) is 0 Å². The molecule has 0 bridgehead atoms. The van der Waals surface area contributed by atoms with Crippen LogP contribution in [0.5, 0.6) is 17.2 Å². The number of nitrogens with two attached hydrogens (primary N) is 1. The lowest BCUT2D eigenvalue weighted by Crippen LogP contribution is -2.06. The van der Waals surface area contributed by atoms with Gasteiger partial charge >= 0.3 is 0 Å². The van der Waals surface area contributed by atoms with Crippen LogP contribution in [0.2, 0.25) is 0 Å². The Morgan fingerprint density at radius 3 is 2.12 bits per heavy atom. The van der Waals surface area contributed by atoms with Gasteiger partial charge in [0.25, 0.3) is 0 Å². The molecule has 1 aromatic rings. The lowest BCUT2D eigenvalue weighted by atomic mass is 10.2. The molecular formula is C12H19NO3. The highest BCUT2D eigenvalue weighted by atomic mass is 16.5. The third-order valence-corrected chi connectivity index (χ3v) is 2.09. The van der Waals surface area contributed by atoms with Crippen LogP contribution in [0.1, 0.15) is 13.8 Å². The molecule has 2 N–H and O–H groups in total. The SMILES string of the molecule is COc1cc(N)c(OCC(C)C)cc1OC. The van der Waals surface area contributed by atoms with Crippen molar-refractivity contribution in [1.82, 2.24) is 0 Å². The Balaban J connectivity index is 2.92. The summed E-state index contributed by atoms with van der Waals surface area (Å²) in [5.41, 5.74) is 6.40. The van der Waals surface area contributed by atoms with Crippen molar-refractivity contribution in [3.8, 4) is 17.2 Å². The van der Waals surface area contributed by atoms with Gasteiger partial charge in [0.15, 0.2) is 11.5 Å². The summed E-state index contributed by atoms with van der Waals surface area (Å²) >= 11 is 0. The fourth-order valence-corrected chi connectivity index (χ4v) is 1.26. The summed E-state index contributed by atoms with van der Waals surface area (Å²) in [6.07, 6.45) is 0.